The first-order valence-corrected chi connectivity index (χ1v) is 4.29. The molecule has 0 radical (unpaired) electrons. The minimum absolute atomic E-state index is 0.171. The van der Waals surface area contributed by atoms with Gasteiger partial charge < -0.3 is 9.47 Å². The fourth-order valence-corrected chi connectivity index (χ4v) is 0.966. The van der Waals surface area contributed by atoms with Crippen LogP contribution in [0.5, 0.6) is 0 Å². The summed E-state index contributed by atoms with van der Waals surface area (Å²) in [6.07, 6.45) is 0.394. The Balaban J connectivity index is 4.07. The monoisotopic (exact) mass is 188 g/mol. The largest absolute Gasteiger partial charge is 0.465 e. The van der Waals surface area contributed by atoms with Crippen LogP contribution in [0.2, 0.25) is 0 Å². The molecule has 13 heavy (non-hydrogen) atoms. The Labute approximate surface area is 78.2 Å². The number of carbonyl (C=O) groups excluding carboxylic acids is 2. The first kappa shape index (κ1) is 12.1. The normalized spacial score (nSPS) is 12.2. The van der Waals surface area contributed by atoms with Crippen molar-refractivity contribution in [1.82, 2.24) is 0 Å². The SMILES string of the molecule is CCOC(=O)C(CCOC)C(C)=O. The molecule has 4 heteroatoms. The lowest BCUT2D eigenvalue weighted by molar-refractivity contribution is -0.151. The van der Waals surface area contributed by atoms with Gasteiger partial charge in [-0.1, -0.05) is 0 Å². The topological polar surface area (TPSA) is 52.6 Å². The van der Waals surface area contributed by atoms with Crippen molar-refractivity contribution in [2.24, 2.45) is 5.92 Å². The molecule has 0 amide bonds. The zero-order valence-electron chi connectivity index (χ0n) is 8.33. The molecule has 0 saturated heterocycles. The number of ketones is 1. The van der Waals surface area contributed by atoms with Gasteiger partial charge in [0.15, 0.2) is 0 Å². The smallest absolute Gasteiger partial charge is 0.316 e. The second-order valence-corrected chi connectivity index (χ2v) is 2.70. The summed E-state index contributed by atoms with van der Waals surface area (Å²) in [5.41, 5.74) is 0. The molecular formula is C9H16O4. The summed E-state index contributed by atoms with van der Waals surface area (Å²) in [5.74, 6) is -1.29. The summed E-state index contributed by atoms with van der Waals surface area (Å²) in [6.45, 7) is 3.79. The summed E-state index contributed by atoms with van der Waals surface area (Å²) >= 11 is 0. The highest BCUT2D eigenvalue weighted by Gasteiger charge is 2.23. The molecule has 0 saturated carbocycles. The summed E-state index contributed by atoms with van der Waals surface area (Å²) < 4.78 is 9.54. The van der Waals surface area contributed by atoms with Crippen LogP contribution in [0.3, 0.4) is 0 Å². The van der Waals surface area contributed by atoms with Crippen LogP contribution in [0, 0.1) is 5.92 Å². The zero-order chi connectivity index (χ0) is 10.3. The van der Waals surface area contributed by atoms with Gasteiger partial charge in [-0.3, -0.25) is 9.59 Å². The number of hydrogen-bond donors (Lipinski definition) is 0. The van der Waals surface area contributed by atoms with Gasteiger partial charge in [0.05, 0.1) is 6.61 Å². The second kappa shape index (κ2) is 6.60. The first-order valence-electron chi connectivity index (χ1n) is 4.29. The van der Waals surface area contributed by atoms with Gasteiger partial charge >= 0.3 is 5.97 Å². The van der Waals surface area contributed by atoms with E-state index in [2.05, 4.69) is 0 Å². The average molecular weight is 188 g/mol. The average Bonchev–Trinajstić information content (AvgIpc) is 2.05. The summed E-state index contributed by atoms with van der Waals surface area (Å²) in [7, 11) is 1.53. The van der Waals surface area contributed by atoms with E-state index in [4.69, 9.17) is 9.47 Å². The minimum Gasteiger partial charge on any atom is -0.465 e. The van der Waals surface area contributed by atoms with Gasteiger partial charge in [0.2, 0.25) is 0 Å². The van der Waals surface area contributed by atoms with Crippen molar-refractivity contribution in [2.45, 2.75) is 20.3 Å². The highest BCUT2D eigenvalue weighted by molar-refractivity contribution is 5.97. The molecule has 4 nitrogen and oxygen atoms in total. The van der Waals surface area contributed by atoms with Gasteiger partial charge in [0.1, 0.15) is 11.7 Å². The van der Waals surface area contributed by atoms with Crippen LogP contribution in [0.25, 0.3) is 0 Å². The van der Waals surface area contributed by atoms with Crippen LogP contribution in [0.15, 0.2) is 0 Å². The second-order valence-electron chi connectivity index (χ2n) is 2.70. The van der Waals surface area contributed by atoms with Gasteiger partial charge in [-0.15, -0.1) is 0 Å². The van der Waals surface area contributed by atoms with E-state index < -0.39 is 11.9 Å². The number of ether oxygens (including phenoxy) is 2. The third-order valence-electron chi connectivity index (χ3n) is 1.67. The lowest BCUT2D eigenvalue weighted by Gasteiger charge is -2.11. The lowest BCUT2D eigenvalue weighted by atomic mass is 10.0. The third kappa shape index (κ3) is 4.62. The van der Waals surface area contributed by atoms with Gasteiger partial charge in [0, 0.05) is 13.7 Å². The standard InChI is InChI=1S/C9H16O4/c1-4-13-9(11)8(7(2)10)5-6-12-3/h8H,4-6H2,1-3H3. The Morgan fingerprint density at radius 3 is 2.38 bits per heavy atom. The summed E-state index contributed by atoms with van der Waals surface area (Å²) in [4.78, 5) is 22.2. The van der Waals surface area contributed by atoms with E-state index in [0.29, 0.717) is 19.6 Å². The molecule has 0 bridgehead atoms. The van der Waals surface area contributed by atoms with E-state index in [0.717, 1.165) is 0 Å². The molecule has 0 aromatic carbocycles. The molecular weight excluding hydrogens is 172 g/mol. The van der Waals surface area contributed by atoms with Gasteiger partial charge in [0.25, 0.3) is 0 Å². The Morgan fingerprint density at radius 2 is 2.00 bits per heavy atom. The number of esters is 1. The Hall–Kier alpha value is -0.900. The number of rotatable bonds is 6. The highest BCUT2D eigenvalue weighted by Crippen LogP contribution is 2.07. The fraction of sp³-hybridized carbons (Fsp3) is 0.778. The van der Waals surface area contributed by atoms with Crippen LogP contribution in [-0.4, -0.2) is 32.1 Å². The van der Waals surface area contributed by atoms with Crippen molar-refractivity contribution in [3.05, 3.63) is 0 Å². The van der Waals surface area contributed by atoms with Crippen LogP contribution < -0.4 is 0 Å². The molecule has 0 aliphatic heterocycles. The lowest BCUT2D eigenvalue weighted by Crippen LogP contribution is -2.25. The Morgan fingerprint density at radius 1 is 1.38 bits per heavy atom. The van der Waals surface area contributed by atoms with Crippen LogP contribution >= 0.6 is 0 Å². The van der Waals surface area contributed by atoms with Gasteiger partial charge in [-0.25, -0.2) is 0 Å². The van der Waals surface area contributed by atoms with E-state index >= 15 is 0 Å². The van der Waals surface area contributed by atoms with Crippen molar-refractivity contribution in [3.8, 4) is 0 Å². The predicted octanol–water partition coefficient (Wildman–Crippen LogP) is 0.791. The molecule has 0 N–H and O–H groups in total. The highest BCUT2D eigenvalue weighted by atomic mass is 16.5. The maximum Gasteiger partial charge on any atom is 0.316 e. The van der Waals surface area contributed by atoms with Crippen molar-refractivity contribution in [3.63, 3.8) is 0 Å². The molecule has 0 fully saturated rings. The van der Waals surface area contributed by atoms with E-state index in [-0.39, 0.29) is 5.78 Å². The van der Waals surface area contributed by atoms with E-state index in [9.17, 15) is 9.59 Å². The van der Waals surface area contributed by atoms with Gasteiger partial charge in [-0.2, -0.15) is 0 Å². The van der Waals surface area contributed by atoms with Crippen LogP contribution in [0.1, 0.15) is 20.3 Å². The third-order valence-corrected chi connectivity index (χ3v) is 1.67. The number of methoxy groups -OCH3 is 1. The quantitative estimate of drug-likeness (QED) is 0.457. The predicted molar refractivity (Wildman–Crippen MR) is 47.3 cm³/mol. The van der Waals surface area contributed by atoms with E-state index in [1.54, 1.807) is 6.92 Å². The van der Waals surface area contributed by atoms with Gasteiger partial charge in [-0.05, 0) is 20.3 Å². The molecule has 0 spiro atoms. The molecule has 0 heterocycles. The molecule has 0 aliphatic carbocycles. The maximum absolute atomic E-state index is 11.2. The van der Waals surface area contributed by atoms with E-state index in [1.807, 2.05) is 0 Å². The molecule has 0 rings (SSSR count). The van der Waals surface area contributed by atoms with Crippen molar-refractivity contribution in [1.29, 1.82) is 0 Å². The zero-order valence-corrected chi connectivity index (χ0v) is 8.33. The molecule has 0 aliphatic rings. The van der Waals surface area contributed by atoms with Crippen LogP contribution in [-0.2, 0) is 19.1 Å². The van der Waals surface area contributed by atoms with Crippen molar-refractivity contribution < 1.29 is 19.1 Å². The van der Waals surface area contributed by atoms with Crippen molar-refractivity contribution >= 4 is 11.8 Å². The minimum atomic E-state index is -0.667. The summed E-state index contributed by atoms with van der Waals surface area (Å²) in [6, 6.07) is 0. The number of Topliss-reactive ketones (excluding diaryl/α,β-unsaturated/α-hetero) is 1. The molecule has 76 valence electrons. The maximum atomic E-state index is 11.2. The number of hydrogen-bond acceptors (Lipinski definition) is 4. The molecule has 0 aromatic rings. The van der Waals surface area contributed by atoms with Crippen molar-refractivity contribution in [2.75, 3.05) is 20.3 Å². The fourth-order valence-electron chi connectivity index (χ4n) is 0.966. The molecule has 1 atom stereocenters. The first-order chi connectivity index (χ1) is 6.13. The Bertz CT molecular complexity index is 176. The molecule has 0 aromatic heterocycles. The number of carbonyl (C=O) groups is 2. The van der Waals surface area contributed by atoms with E-state index in [1.165, 1.54) is 14.0 Å². The Kier molecular flexibility index (Phi) is 6.14. The summed E-state index contributed by atoms with van der Waals surface area (Å²) in [5, 5.41) is 0. The molecule has 1 unspecified atom stereocenters. The van der Waals surface area contributed by atoms with Crippen LogP contribution in [0.4, 0.5) is 0 Å².